The second kappa shape index (κ2) is 13.1. The Labute approximate surface area is 350 Å². The quantitative estimate of drug-likeness (QED) is 0.175. The van der Waals surface area contributed by atoms with Crippen LogP contribution in [0, 0.1) is 0 Å². The number of fused-ring (bicyclic) bond motifs is 10. The number of furan rings is 1. The maximum absolute atomic E-state index is 6.56. The van der Waals surface area contributed by atoms with E-state index in [4.69, 9.17) is 14.4 Å². The lowest BCUT2D eigenvalue weighted by atomic mass is 9.98. The molecule has 284 valence electrons. The van der Waals surface area contributed by atoms with Crippen molar-refractivity contribution in [3.05, 3.63) is 206 Å². The minimum atomic E-state index is 0.828. The first-order valence-corrected chi connectivity index (χ1v) is 20.6. The number of rotatable bonds is 5. The monoisotopic (exact) mass is 778 g/mol. The predicted octanol–water partition coefficient (Wildman–Crippen LogP) is 14.7. The highest BCUT2D eigenvalue weighted by molar-refractivity contribution is 6.15. The lowest BCUT2D eigenvalue weighted by Gasteiger charge is -2.11. The molecule has 0 N–H and O–H groups in total. The Hall–Kier alpha value is -8.28. The van der Waals surface area contributed by atoms with Gasteiger partial charge in [-0.15, -0.1) is 0 Å². The van der Waals surface area contributed by atoms with Crippen LogP contribution in [0.25, 0.3) is 121 Å². The van der Waals surface area contributed by atoms with Crippen LogP contribution in [-0.2, 0) is 0 Å². The zero-order chi connectivity index (χ0) is 40.0. The molecular formula is C56H34N4O. The summed E-state index contributed by atoms with van der Waals surface area (Å²) in [7, 11) is 0. The molecule has 0 saturated carbocycles. The molecule has 13 aromatic rings. The third-order valence-corrected chi connectivity index (χ3v) is 12.4. The van der Waals surface area contributed by atoms with E-state index in [1.165, 1.54) is 43.7 Å². The molecule has 0 fully saturated rings. The third-order valence-electron chi connectivity index (χ3n) is 12.4. The van der Waals surface area contributed by atoms with Gasteiger partial charge in [0.05, 0.1) is 38.8 Å². The minimum absolute atomic E-state index is 0.828. The van der Waals surface area contributed by atoms with Gasteiger partial charge in [-0.1, -0.05) is 109 Å². The van der Waals surface area contributed by atoms with Crippen molar-refractivity contribution in [2.45, 2.75) is 0 Å². The van der Waals surface area contributed by atoms with Crippen LogP contribution < -0.4 is 0 Å². The van der Waals surface area contributed by atoms with Gasteiger partial charge < -0.3 is 13.6 Å². The van der Waals surface area contributed by atoms with Gasteiger partial charge in [-0.2, -0.15) is 0 Å². The first kappa shape index (κ1) is 33.7. The van der Waals surface area contributed by atoms with Gasteiger partial charge in [0.25, 0.3) is 0 Å². The van der Waals surface area contributed by atoms with Crippen molar-refractivity contribution in [1.29, 1.82) is 0 Å². The average Bonchev–Trinajstić information content (AvgIpc) is 3.99. The Bertz CT molecular complexity index is 3880. The number of benzene rings is 8. The Kier molecular flexibility index (Phi) is 7.24. The molecule has 0 aliphatic rings. The zero-order valence-electron chi connectivity index (χ0n) is 32.8. The molecule has 0 saturated heterocycles. The number of hydrogen-bond acceptors (Lipinski definition) is 3. The summed E-state index contributed by atoms with van der Waals surface area (Å²) in [5.74, 6) is 0. The maximum atomic E-state index is 6.56. The fourth-order valence-electron chi connectivity index (χ4n) is 9.64. The number of hydrogen-bond donors (Lipinski definition) is 0. The van der Waals surface area contributed by atoms with Crippen LogP contribution in [0.3, 0.4) is 0 Å². The number of para-hydroxylation sites is 3. The Morgan fingerprint density at radius 3 is 1.74 bits per heavy atom. The molecule has 5 heterocycles. The number of pyridine rings is 2. The zero-order valence-corrected chi connectivity index (χ0v) is 32.8. The van der Waals surface area contributed by atoms with E-state index in [0.29, 0.717) is 0 Å². The van der Waals surface area contributed by atoms with E-state index in [1.54, 1.807) is 0 Å². The van der Waals surface area contributed by atoms with Gasteiger partial charge in [-0.25, -0.2) is 4.98 Å². The van der Waals surface area contributed by atoms with E-state index in [1.807, 2.05) is 24.4 Å². The normalized spacial score (nSPS) is 11.9. The van der Waals surface area contributed by atoms with Gasteiger partial charge in [0.2, 0.25) is 0 Å². The van der Waals surface area contributed by atoms with Gasteiger partial charge in [0.15, 0.2) is 0 Å². The van der Waals surface area contributed by atoms with E-state index in [2.05, 4.69) is 191 Å². The molecule has 61 heavy (non-hydrogen) atoms. The molecular weight excluding hydrogens is 745 g/mol. The summed E-state index contributed by atoms with van der Waals surface area (Å²) in [5.41, 5.74) is 16.8. The lowest BCUT2D eigenvalue weighted by molar-refractivity contribution is 0.669. The highest BCUT2D eigenvalue weighted by atomic mass is 16.3. The van der Waals surface area contributed by atoms with E-state index in [0.717, 1.165) is 77.8 Å². The smallest absolute Gasteiger partial charge is 0.136 e. The molecule has 0 aliphatic heterocycles. The average molecular weight is 779 g/mol. The fourth-order valence-corrected chi connectivity index (χ4v) is 9.64. The SMILES string of the molecule is c1ccc(-c2cc(-c3cccc4oc5ccc(-n6c7ccccc7c7cc(-c8ccc9c(c8)c8ccccc8n9-c8ccccc8)ccc76)cc5c34)nc3cccnc23)cc1. The second-order valence-electron chi connectivity index (χ2n) is 15.8. The maximum Gasteiger partial charge on any atom is 0.136 e. The minimum Gasteiger partial charge on any atom is -0.456 e. The van der Waals surface area contributed by atoms with E-state index >= 15 is 0 Å². The van der Waals surface area contributed by atoms with Crippen LogP contribution in [0.5, 0.6) is 0 Å². The van der Waals surface area contributed by atoms with Crippen LogP contribution >= 0.6 is 0 Å². The Morgan fingerprint density at radius 2 is 1.02 bits per heavy atom. The molecule has 0 bridgehead atoms. The van der Waals surface area contributed by atoms with Crippen molar-refractivity contribution in [1.82, 2.24) is 19.1 Å². The largest absolute Gasteiger partial charge is 0.456 e. The molecule has 0 radical (unpaired) electrons. The molecule has 5 aromatic heterocycles. The first-order chi connectivity index (χ1) is 30.2. The second-order valence-corrected chi connectivity index (χ2v) is 15.8. The number of nitrogens with zero attached hydrogens (tertiary/aromatic N) is 4. The molecule has 5 heteroatoms. The van der Waals surface area contributed by atoms with Crippen LogP contribution in [0.2, 0.25) is 0 Å². The Morgan fingerprint density at radius 1 is 0.377 bits per heavy atom. The molecule has 0 aliphatic carbocycles. The van der Waals surface area contributed by atoms with Crippen molar-refractivity contribution >= 4 is 76.6 Å². The topological polar surface area (TPSA) is 48.8 Å². The summed E-state index contributed by atoms with van der Waals surface area (Å²) in [5, 5.41) is 6.99. The molecule has 5 nitrogen and oxygen atoms in total. The molecule has 0 unspecified atom stereocenters. The van der Waals surface area contributed by atoms with Crippen molar-refractivity contribution in [2.24, 2.45) is 0 Å². The summed E-state index contributed by atoms with van der Waals surface area (Å²) >= 11 is 0. The van der Waals surface area contributed by atoms with E-state index in [-0.39, 0.29) is 0 Å². The van der Waals surface area contributed by atoms with Crippen molar-refractivity contribution in [3.63, 3.8) is 0 Å². The third kappa shape index (κ3) is 5.14. The van der Waals surface area contributed by atoms with Crippen molar-refractivity contribution in [2.75, 3.05) is 0 Å². The molecule has 8 aromatic carbocycles. The summed E-state index contributed by atoms with van der Waals surface area (Å²) in [6.07, 6.45) is 1.84. The molecule has 0 atom stereocenters. The van der Waals surface area contributed by atoms with Crippen molar-refractivity contribution < 1.29 is 4.42 Å². The van der Waals surface area contributed by atoms with E-state index in [9.17, 15) is 0 Å². The summed E-state index contributed by atoms with van der Waals surface area (Å²) in [6.45, 7) is 0. The predicted molar refractivity (Wildman–Crippen MR) is 252 cm³/mol. The van der Waals surface area contributed by atoms with Crippen LogP contribution in [0.15, 0.2) is 211 Å². The van der Waals surface area contributed by atoms with Gasteiger partial charge >= 0.3 is 0 Å². The first-order valence-electron chi connectivity index (χ1n) is 20.6. The molecule has 0 spiro atoms. The van der Waals surface area contributed by atoms with Gasteiger partial charge in [-0.05, 0) is 108 Å². The van der Waals surface area contributed by atoms with Crippen LogP contribution in [-0.4, -0.2) is 19.1 Å². The summed E-state index contributed by atoms with van der Waals surface area (Å²) < 4.78 is 11.3. The van der Waals surface area contributed by atoms with Crippen molar-refractivity contribution in [3.8, 4) is 44.9 Å². The standard InChI is InChI=1S/C56H34N4O/c1-3-13-35(14-4-1)43-34-48(58-47-20-12-30-57-56(43)47)42-19-11-23-54-55(42)46-33-39(26-29-53(46)61-54)60-50-22-10-8-18-41(50)45-32-37(25-28-52(45)60)36-24-27-51-44(31-36)40-17-7-9-21-49(40)59(51)38-15-5-2-6-16-38/h1-34H. The highest BCUT2D eigenvalue weighted by Crippen LogP contribution is 2.42. The molecule has 0 amide bonds. The van der Waals surface area contributed by atoms with Gasteiger partial charge in [-0.3, -0.25) is 4.98 Å². The van der Waals surface area contributed by atoms with Crippen LogP contribution in [0.1, 0.15) is 0 Å². The van der Waals surface area contributed by atoms with Gasteiger partial charge in [0.1, 0.15) is 11.2 Å². The fraction of sp³-hybridized carbons (Fsp3) is 0. The summed E-state index contributed by atoms with van der Waals surface area (Å²) in [6, 6.07) is 71.3. The lowest BCUT2D eigenvalue weighted by Crippen LogP contribution is -1.94. The Balaban J connectivity index is 0.977. The van der Waals surface area contributed by atoms with E-state index < -0.39 is 0 Å². The van der Waals surface area contributed by atoms with Crippen LogP contribution in [0.4, 0.5) is 0 Å². The molecule has 13 rings (SSSR count). The van der Waals surface area contributed by atoms with Gasteiger partial charge in [0, 0.05) is 61.0 Å². The number of aromatic nitrogens is 4. The summed E-state index contributed by atoms with van der Waals surface area (Å²) in [4.78, 5) is 9.95. The highest BCUT2D eigenvalue weighted by Gasteiger charge is 2.20.